The molecule has 0 aromatic rings. The number of sulfonamides is 1. The molecule has 2 N–H and O–H groups in total. The van der Waals surface area contributed by atoms with Gasteiger partial charge in [-0.2, -0.15) is 0 Å². The van der Waals surface area contributed by atoms with E-state index < -0.39 is 10.0 Å². The molecule has 0 radical (unpaired) electrons. The van der Waals surface area contributed by atoms with Gasteiger partial charge < -0.3 is 5.32 Å². The van der Waals surface area contributed by atoms with E-state index in [1.165, 1.54) is 32.3 Å². The molecule has 0 spiro atoms. The van der Waals surface area contributed by atoms with Crippen molar-refractivity contribution in [3.63, 3.8) is 0 Å². The predicted octanol–water partition coefficient (Wildman–Crippen LogP) is 0.700. The summed E-state index contributed by atoms with van der Waals surface area (Å²) in [6.45, 7) is 5.77. The number of rotatable bonds is 4. The first-order valence-corrected chi connectivity index (χ1v) is 9.99. The minimum atomic E-state index is -3.05. The van der Waals surface area contributed by atoms with Crippen LogP contribution < -0.4 is 10.0 Å². The second-order valence-corrected chi connectivity index (χ2v) is 8.68. The van der Waals surface area contributed by atoms with Crippen LogP contribution in [0.5, 0.6) is 0 Å². The molecular weight excluding hydrogens is 286 g/mol. The van der Waals surface area contributed by atoms with Crippen molar-refractivity contribution in [3.05, 3.63) is 11.1 Å². The lowest BCUT2D eigenvalue weighted by Crippen LogP contribution is -2.39. The van der Waals surface area contributed by atoms with E-state index in [2.05, 4.69) is 14.9 Å². The molecule has 6 heteroatoms. The molecule has 3 rings (SSSR count). The zero-order chi connectivity index (χ0) is 14.9. The predicted molar refractivity (Wildman–Crippen MR) is 84.7 cm³/mol. The summed E-state index contributed by atoms with van der Waals surface area (Å²) >= 11 is 0. The van der Waals surface area contributed by atoms with Gasteiger partial charge in [0.25, 0.3) is 0 Å². The van der Waals surface area contributed by atoms with Gasteiger partial charge in [-0.15, -0.1) is 0 Å². The fourth-order valence-electron chi connectivity index (χ4n) is 3.80. The number of hydrogen-bond acceptors (Lipinski definition) is 4. The Kier molecular flexibility index (Phi) is 4.69. The summed E-state index contributed by atoms with van der Waals surface area (Å²) in [5, 5.41) is 3.33. The van der Waals surface area contributed by atoms with Gasteiger partial charge in [0.1, 0.15) is 0 Å². The summed E-state index contributed by atoms with van der Waals surface area (Å²) in [6, 6.07) is 0.161. The van der Waals surface area contributed by atoms with Crippen molar-refractivity contribution in [1.29, 1.82) is 0 Å². The minimum absolute atomic E-state index is 0.161. The van der Waals surface area contributed by atoms with Crippen molar-refractivity contribution in [2.75, 3.05) is 39.0 Å². The van der Waals surface area contributed by atoms with Crippen LogP contribution in [0.3, 0.4) is 0 Å². The smallest absolute Gasteiger partial charge is 0.208 e. The number of nitrogens with one attached hydrogen (secondary N) is 2. The van der Waals surface area contributed by atoms with Gasteiger partial charge in [0.2, 0.25) is 10.0 Å². The van der Waals surface area contributed by atoms with Gasteiger partial charge in [0.05, 0.1) is 6.26 Å². The molecule has 0 aromatic carbocycles. The molecule has 1 aliphatic carbocycles. The average Bonchev–Trinajstić information content (AvgIpc) is 2.76. The highest BCUT2D eigenvalue weighted by Gasteiger charge is 2.27. The van der Waals surface area contributed by atoms with E-state index in [1.807, 2.05) is 0 Å². The summed E-state index contributed by atoms with van der Waals surface area (Å²) in [6.07, 6.45) is 6.79. The van der Waals surface area contributed by atoms with Crippen molar-refractivity contribution in [1.82, 2.24) is 14.9 Å². The molecule has 2 heterocycles. The van der Waals surface area contributed by atoms with Crippen LogP contribution in [0.15, 0.2) is 11.1 Å². The molecule has 0 amide bonds. The van der Waals surface area contributed by atoms with E-state index >= 15 is 0 Å². The molecule has 3 fully saturated rings. The van der Waals surface area contributed by atoms with Gasteiger partial charge >= 0.3 is 0 Å². The van der Waals surface area contributed by atoms with Crippen LogP contribution in [0.25, 0.3) is 0 Å². The van der Waals surface area contributed by atoms with Gasteiger partial charge in [-0.25, -0.2) is 13.1 Å². The summed E-state index contributed by atoms with van der Waals surface area (Å²) < 4.78 is 25.3. The van der Waals surface area contributed by atoms with Crippen LogP contribution in [0.4, 0.5) is 0 Å². The normalized spacial score (nSPS) is 31.5. The Morgan fingerprint density at radius 3 is 2.48 bits per heavy atom. The van der Waals surface area contributed by atoms with Gasteiger partial charge in [-0.1, -0.05) is 5.57 Å². The van der Waals surface area contributed by atoms with Crippen molar-refractivity contribution in [3.8, 4) is 0 Å². The molecule has 5 nitrogen and oxygen atoms in total. The Labute approximate surface area is 128 Å². The van der Waals surface area contributed by atoms with Crippen molar-refractivity contribution >= 4 is 10.0 Å². The first-order chi connectivity index (χ1) is 9.99. The van der Waals surface area contributed by atoms with Crippen molar-refractivity contribution in [2.45, 2.75) is 38.1 Å². The SMILES string of the molecule is CS(=O)(=O)N[C@H]1CC[C@H](CN2CCC(=C3CNC3)C2)CC1. The molecule has 3 aliphatic rings. The number of nitrogens with zero attached hydrogens (tertiary/aromatic N) is 1. The second-order valence-electron chi connectivity index (χ2n) is 6.90. The lowest BCUT2D eigenvalue weighted by Gasteiger charge is -2.31. The Hall–Kier alpha value is -0.430. The fourth-order valence-corrected chi connectivity index (χ4v) is 4.64. The highest BCUT2D eigenvalue weighted by atomic mass is 32.2. The maximum Gasteiger partial charge on any atom is 0.208 e. The standard InChI is InChI=1S/C15H27N3O2S/c1-21(19,20)17-15-4-2-12(3-5-15)10-18-7-6-13(11-18)14-8-16-9-14/h12,15-17H,2-11H2,1H3/t12-,15-. The Morgan fingerprint density at radius 1 is 1.19 bits per heavy atom. The minimum Gasteiger partial charge on any atom is -0.309 e. The number of hydrogen-bond donors (Lipinski definition) is 2. The molecule has 21 heavy (non-hydrogen) atoms. The zero-order valence-electron chi connectivity index (χ0n) is 12.9. The number of likely N-dealkylation sites (tertiary alicyclic amines) is 1. The van der Waals surface area contributed by atoms with E-state index in [4.69, 9.17) is 0 Å². The summed E-state index contributed by atoms with van der Waals surface area (Å²) in [5.41, 5.74) is 3.31. The molecule has 0 bridgehead atoms. The van der Waals surface area contributed by atoms with Crippen LogP contribution in [0.1, 0.15) is 32.1 Å². The largest absolute Gasteiger partial charge is 0.309 e. The van der Waals surface area contributed by atoms with E-state index in [0.29, 0.717) is 0 Å². The average molecular weight is 313 g/mol. The first kappa shape index (κ1) is 15.5. The van der Waals surface area contributed by atoms with Crippen LogP contribution in [-0.4, -0.2) is 58.3 Å². The van der Waals surface area contributed by atoms with E-state index in [-0.39, 0.29) is 6.04 Å². The topological polar surface area (TPSA) is 61.4 Å². The molecule has 120 valence electrons. The summed E-state index contributed by atoms with van der Waals surface area (Å²) in [5.74, 6) is 0.742. The van der Waals surface area contributed by atoms with Crippen LogP contribution in [0.2, 0.25) is 0 Å². The Balaban J connectivity index is 1.42. The first-order valence-electron chi connectivity index (χ1n) is 8.10. The Morgan fingerprint density at radius 2 is 1.90 bits per heavy atom. The highest BCUT2D eigenvalue weighted by molar-refractivity contribution is 7.88. The van der Waals surface area contributed by atoms with Crippen molar-refractivity contribution < 1.29 is 8.42 Å². The van der Waals surface area contributed by atoms with Gasteiger partial charge in [0, 0.05) is 38.8 Å². The maximum absolute atomic E-state index is 11.3. The third-order valence-corrected chi connectivity index (χ3v) is 5.83. The third kappa shape index (κ3) is 4.28. The Bertz CT molecular complexity index is 501. The zero-order valence-corrected chi connectivity index (χ0v) is 13.7. The van der Waals surface area contributed by atoms with Gasteiger partial charge in [0.15, 0.2) is 0 Å². The molecular formula is C15H27N3O2S. The molecule has 2 saturated heterocycles. The van der Waals surface area contributed by atoms with Crippen molar-refractivity contribution in [2.24, 2.45) is 5.92 Å². The van der Waals surface area contributed by atoms with Gasteiger partial charge in [-0.3, -0.25) is 4.90 Å². The van der Waals surface area contributed by atoms with Crippen LogP contribution >= 0.6 is 0 Å². The van der Waals surface area contributed by atoms with Crippen LogP contribution in [0, 0.1) is 5.92 Å². The quantitative estimate of drug-likeness (QED) is 0.750. The monoisotopic (exact) mass is 313 g/mol. The lowest BCUT2D eigenvalue weighted by molar-refractivity contribution is 0.222. The van der Waals surface area contributed by atoms with Gasteiger partial charge in [-0.05, 0) is 43.6 Å². The van der Waals surface area contributed by atoms with E-state index in [1.54, 1.807) is 11.1 Å². The molecule has 0 unspecified atom stereocenters. The molecule has 0 aromatic heterocycles. The summed E-state index contributed by atoms with van der Waals surface area (Å²) in [7, 11) is -3.05. The fraction of sp³-hybridized carbons (Fsp3) is 0.867. The van der Waals surface area contributed by atoms with E-state index in [9.17, 15) is 8.42 Å². The highest BCUT2D eigenvalue weighted by Crippen LogP contribution is 2.28. The summed E-state index contributed by atoms with van der Waals surface area (Å²) in [4.78, 5) is 2.59. The lowest BCUT2D eigenvalue weighted by atomic mass is 9.86. The van der Waals surface area contributed by atoms with E-state index in [0.717, 1.165) is 44.7 Å². The third-order valence-electron chi connectivity index (χ3n) is 5.06. The maximum atomic E-state index is 11.3. The molecule has 0 atom stereocenters. The molecule has 1 saturated carbocycles. The second kappa shape index (κ2) is 6.36. The molecule has 2 aliphatic heterocycles. The van der Waals surface area contributed by atoms with Crippen LogP contribution in [-0.2, 0) is 10.0 Å².